The molecule has 2 fully saturated rings. The van der Waals surface area contributed by atoms with Gasteiger partial charge in [-0.05, 0) is 44.6 Å². The number of carbonyl (C=O) groups excluding carboxylic acids is 2. The molecule has 0 spiro atoms. The summed E-state index contributed by atoms with van der Waals surface area (Å²) in [5.74, 6) is 0.613. The van der Waals surface area contributed by atoms with Crippen LogP contribution < -0.4 is 10.6 Å². The minimum absolute atomic E-state index is 0.113. The maximum absolute atomic E-state index is 12.1. The summed E-state index contributed by atoms with van der Waals surface area (Å²) in [6.45, 7) is 7.72. The molecule has 4 atom stereocenters. The zero-order valence-electron chi connectivity index (χ0n) is 19.0. The third kappa shape index (κ3) is 5.68. The Hall–Kier alpha value is -3.01. The summed E-state index contributed by atoms with van der Waals surface area (Å²) in [5, 5.41) is 6.21. The van der Waals surface area contributed by atoms with Crippen LogP contribution >= 0.6 is 0 Å². The Labute approximate surface area is 193 Å². The van der Waals surface area contributed by atoms with E-state index in [0.29, 0.717) is 13.0 Å². The first kappa shape index (κ1) is 23.2. The SMILES string of the molecule is C=C(CCC(C)n1cnc2c(N[C@@H]3CCOC3)ncnc21)COC(=O)NC1CCCC1C=O. The number of amides is 1. The molecule has 0 radical (unpaired) electrons. The van der Waals surface area contributed by atoms with Crippen LogP contribution in [0.4, 0.5) is 10.6 Å². The fraction of sp³-hybridized carbons (Fsp3) is 0.609. The molecular weight excluding hydrogens is 424 g/mol. The largest absolute Gasteiger partial charge is 0.445 e. The number of anilines is 1. The van der Waals surface area contributed by atoms with E-state index in [-0.39, 0.29) is 30.7 Å². The molecule has 2 aromatic rings. The van der Waals surface area contributed by atoms with Crippen LogP contribution in [0.15, 0.2) is 24.8 Å². The van der Waals surface area contributed by atoms with Crippen molar-refractivity contribution in [1.82, 2.24) is 24.8 Å². The van der Waals surface area contributed by atoms with Crippen molar-refractivity contribution in [3.8, 4) is 0 Å². The van der Waals surface area contributed by atoms with Crippen LogP contribution in [0, 0.1) is 5.92 Å². The second-order valence-electron chi connectivity index (χ2n) is 8.95. The van der Waals surface area contributed by atoms with E-state index in [4.69, 9.17) is 9.47 Å². The zero-order valence-corrected chi connectivity index (χ0v) is 19.0. The second-order valence-corrected chi connectivity index (χ2v) is 8.95. The molecule has 2 N–H and O–H groups in total. The van der Waals surface area contributed by atoms with Crippen LogP contribution in [0.25, 0.3) is 11.2 Å². The van der Waals surface area contributed by atoms with Crippen molar-refractivity contribution in [2.75, 3.05) is 25.1 Å². The number of ether oxygens (including phenoxy) is 2. The molecule has 2 aromatic heterocycles. The fourth-order valence-electron chi connectivity index (χ4n) is 4.44. The van der Waals surface area contributed by atoms with Gasteiger partial charge in [-0.15, -0.1) is 0 Å². The Balaban J connectivity index is 1.26. The smallest absolute Gasteiger partial charge is 0.407 e. The number of nitrogens with one attached hydrogen (secondary N) is 2. The Morgan fingerprint density at radius 3 is 3.03 bits per heavy atom. The molecule has 1 amide bonds. The summed E-state index contributed by atoms with van der Waals surface area (Å²) in [5.41, 5.74) is 2.36. The number of alkyl carbamates (subject to hydrolysis) is 1. The van der Waals surface area contributed by atoms with E-state index < -0.39 is 6.09 Å². The van der Waals surface area contributed by atoms with Crippen molar-refractivity contribution >= 4 is 29.4 Å². The van der Waals surface area contributed by atoms with Crippen LogP contribution in [0.2, 0.25) is 0 Å². The van der Waals surface area contributed by atoms with Gasteiger partial charge in [-0.3, -0.25) is 0 Å². The molecule has 3 heterocycles. The number of rotatable bonds is 10. The molecule has 1 saturated heterocycles. The summed E-state index contributed by atoms with van der Waals surface area (Å²) in [7, 11) is 0. The Morgan fingerprint density at radius 2 is 2.24 bits per heavy atom. The van der Waals surface area contributed by atoms with Crippen molar-refractivity contribution < 1.29 is 19.1 Å². The molecule has 4 rings (SSSR count). The van der Waals surface area contributed by atoms with Gasteiger partial charge < -0.3 is 29.5 Å². The van der Waals surface area contributed by atoms with Crippen LogP contribution in [0.5, 0.6) is 0 Å². The maximum atomic E-state index is 12.1. The van der Waals surface area contributed by atoms with Gasteiger partial charge in [0.25, 0.3) is 0 Å². The highest BCUT2D eigenvalue weighted by molar-refractivity contribution is 5.82. The predicted molar refractivity (Wildman–Crippen MR) is 123 cm³/mol. The second kappa shape index (κ2) is 10.7. The number of imidazole rings is 1. The Bertz CT molecular complexity index is 986. The average molecular weight is 457 g/mol. The number of fused-ring (bicyclic) bond motifs is 1. The van der Waals surface area contributed by atoms with E-state index in [1.165, 1.54) is 0 Å². The van der Waals surface area contributed by atoms with Crippen molar-refractivity contribution in [1.29, 1.82) is 0 Å². The molecule has 178 valence electrons. The van der Waals surface area contributed by atoms with E-state index in [2.05, 4.69) is 39.1 Å². The lowest BCUT2D eigenvalue weighted by Crippen LogP contribution is -2.38. The van der Waals surface area contributed by atoms with Crippen molar-refractivity contribution in [2.45, 2.75) is 63.6 Å². The summed E-state index contributed by atoms with van der Waals surface area (Å²) in [6.07, 6.45) is 8.79. The molecule has 2 aliphatic rings. The lowest BCUT2D eigenvalue weighted by atomic mass is 10.1. The van der Waals surface area contributed by atoms with Gasteiger partial charge in [0.05, 0.1) is 19.0 Å². The van der Waals surface area contributed by atoms with Crippen LogP contribution in [0.3, 0.4) is 0 Å². The van der Waals surface area contributed by atoms with Gasteiger partial charge in [0.2, 0.25) is 0 Å². The van der Waals surface area contributed by atoms with E-state index in [1.54, 1.807) is 12.7 Å². The number of nitrogens with zero attached hydrogens (tertiary/aromatic N) is 4. The van der Waals surface area contributed by atoms with Crippen molar-refractivity contribution in [3.63, 3.8) is 0 Å². The van der Waals surface area contributed by atoms with E-state index >= 15 is 0 Å². The van der Waals surface area contributed by atoms with Crippen LogP contribution in [-0.2, 0) is 14.3 Å². The molecule has 33 heavy (non-hydrogen) atoms. The molecule has 1 aliphatic heterocycles. The van der Waals surface area contributed by atoms with Crippen LogP contribution in [0.1, 0.15) is 51.5 Å². The molecular formula is C23H32N6O4. The highest BCUT2D eigenvalue weighted by atomic mass is 16.5. The predicted octanol–water partition coefficient (Wildman–Crippen LogP) is 3.02. The Morgan fingerprint density at radius 1 is 1.36 bits per heavy atom. The van der Waals surface area contributed by atoms with E-state index in [1.807, 2.05) is 4.57 Å². The average Bonchev–Trinajstić information content (AvgIpc) is 3.57. The van der Waals surface area contributed by atoms with Gasteiger partial charge in [-0.2, -0.15) is 0 Å². The van der Waals surface area contributed by atoms with Gasteiger partial charge in [-0.25, -0.2) is 19.7 Å². The van der Waals surface area contributed by atoms with Crippen LogP contribution in [-0.4, -0.2) is 63.8 Å². The maximum Gasteiger partial charge on any atom is 0.407 e. The standard InChI is InChI=1S/C23H32N6O4/c1-15(11-33-23(31)28-19-5-3-4-17(19)10-30)6-7-16(2)29-14-26-20-21(24-13-25-22(20)29)27-18-8-9-32-12-18/h10,13-14,16-19H,1,3-9,11-12H2,2H3,(H,28,31)(H,24,25,27)/t16?,17?,18-,19?/m1/s1. The summed E-state index contributed by atoms with van der Waals surface area (Å²) in [6, 6.07) is 0.245. The summed E-state index contributed by atoms with van der Waals surface area (Å²) in [4.78, 5) is 36.5. The lowest BCUT2D eigenvalue weighted by molar-refractivity contribution is -0.111. The topological polar surface area (TPSA) is 120 Å². The van der Waals surface area contributed by atoms with E-state index in [0.717, 1.165) is 67.6 Å². The van der Waals surface area contributed by atoms with Gasteiger partial charge in [0.1, 0.15) is 24.7 Å². The third-order valence-corrected chi connectivity index (χ3v) is 6.47. The van der Waals surface area contributed by atoms with Gasteiger partial charge >= 0.3 is 6.09 Å². The minimum Gasteiger partial charge on any atom is -0.445 e. The first-order chi connectivity index (χ1) is 16.0. The van der Waals surface area contributed by atoms with Crippen molar-refractivity contribution in [3.05, 3.63) is 24.8 Å². The van der Waals surface area contributed by atoms with E-state index in [9.17, 15) is 9.59 Å². The number of aldehydes is 1. The Kier molecular flexibility index (Phi) is 7.54. The van der Waals surface area contributed by atoms with Gasteiger partial charge in [-0.1, -0.05) is 13.0 Å². The monoisotopic (exact) mass is 456 g/mol. The summed E-state index contributed by atoms with van der Waals surface area (Å²) >= 11 is 0. The zero-order chi connectivity index (χ0) is 23.2. The number of aromatic nitrogens is 4. The number of hydrogen-bond donors (Lipinski definition) is 2. The molecule has 1 saturated carbocycles. The van der Waals surface area contributed by atoms with Crippen molar-refractivity contribution in [2.24, 2.45) is 5.92 Å². The quantitative estimate of drug-likeness (QED) is 0.413. The molecule has 3 unspecified atom stereocenters. The molecule has 0 bridgehead atoms. The van der Waals surface area contributed by atoms with Gasteiger partial charge in [0.15, 0.2) is 11.5 Å². The minimum atomic E-state index is -0.493. The third-order valence-electron chi connectivity index (χ3n) is 6.47. The lowest BCUT2D eigenvalue weighted by Gasteiger charge is -2.17. The first-order valence-corrected chi connectivity index (χ1v) is 11.6. The summed E-state index contributed by atoms with van der Waals surface area (Å²) < 4.78 is 12.8. The highest BCUT2D eigenvalue weighted by Crippen LogP contribution is 2.26. The van der Waals surface area contributed by atoms with Gasteiger partial charge in [0, 0.05) is 24.6 Å². The molecule has 10 nitrogen and oxygen atoms in total. The highest BCUT2D eigenvalue weighted by Gasteiger charge is 2.28. The normalized spacial score (nSPS) is 23.4. The molecule has 1 aliphatic carbocycles. The molecule has 0 aromatic carbocycles. The molecule has 10 heteroatoms. The number of hydrogen-bond acceptors (Lipinski definition) is 8. The number of carbonyl (C=O) groups is 2. The first-order valence-electron chi connectivity index (χ1n) is 11.6. The fourth-order valence-corrected chi connectivity index (χ4v) is 4.44.